The Morgan fingerprint density at radius 1 is 1.10 bits per heavy atom. The molecular formula is C22H23FN2O4S2. The second-order valence-corrected chi connectivity index (χ2v) is 10.2. The van der Waals surface area contributed by atoms with E-state index in [1.165, 1.54) is 36.0 Å². The van der Waals surface area contributed by atoms with Crippen LogP contribution in [0.3, 0.4) is 0 Å². The standard InChI is InChI=1S/C22H23FN2O4S2/c1-2-25-19(16-4-9-20-21(14-16)29-11-10-28-20)15-24-22(25)30-12-3-13-31(26,27)18-7-5-17(23)6-8-18/h4-9,14-15H,2-3,10-13H2,1H3. The van der Waals surface area contributed by atoms with Gasteiger partial charge in [0.25, 0.3) is 0 Å². The molecule has 0 aliphatic carbocycles. The van der Waals surface area contributed by atoms with Crippen LogP contribution in [0.5, 0.6) is 11.5 Å². The first kappa shape index (κ1) is 21.7. The van der Waals surface area contributed by atoms with Crippen molar-refractivity contribution < 1.29 is 22.3 Å². The molecule has 1 aliphatic heterocycles. The van der Waals surface area contributed by atoms with E-state index in [-0.39, 0.29) is 10.6 Å². The number of imidazole rings is 1. The number of sulfone groups is 1. The summed E-state index contributed by atoms with van der Waals surface area (Å²) in [5, 5.41) is 0.839. The average molecular weight is 463 g/mol. The molecular weight excluding hydrogens is 439 g/mol. The third kappa shape index (κ3) is 4.88. The van der Waals surface area contributed by atoms with Gasteiger partial charge in [-0.25, -0.2) is 17.8 Å². The summed E-state index contributed by atoms with van der Waals surface area (Å²) >= 11 is 1.53. The number of fused-ring (bicyclic) bond motifs is 1. The highest BCUT2D eigenvalue weighted by atomic mass is 32.2. The van der Waals surface area contributed by atoms with Gasteiger partial charge in [0.2, 0.25) is 0 Å². The summed E-state index contributed by atoms with van der Waals surface area (Å²) < 4.78 is 51.2. The quantitative estimate of drug-likeness (QED) is 0.280. The van der Waals surface area contributed by atoms with Crippen LogP contribution in [-0.4, -0.2) is 42.7 Å². The maximum Gasteiger partial charge on any atom is 0.178 e. The number of thioether (sulfide) groups is 1. The van der Waals surface area contributed by atoms with E-state index in [0.29, 0.717) is 25.4 Å². The van der Waals surface area contributed by atoms with Crippen molar-refractivity contribution in [1.82, 2.24) is 9.55 Å². The predicted octanol–water partition coefficient (Wildman–Crippen LogP) is 4.44. The highest BCUT2D eigenvalue weighted by molar-refractivity contribution is 7.99. The predicted molar refractivity (Wildman–Crippen MR) is 118 cm³/mol. The lowest BCUT2D eigenvalue weighted by molar-refractivity contribution is 0.171. The van der Waals surface area contributed by atoms with Gasteiger partial charge in [0.05, 0.1) is 22.5 Å². The lowest BCUT2D eigenvalue weighted by Gasteiger charge is -2.19. The Hall–Kier alpha value is -2.52. The normalized spacial score (nSPS) is 13.4. The summed E-state index contributed by atoms with van der Waals surface area (Å²) in [5.41, 5.74) is 1.96. The summed E-state index contributed by atoms with van der Waals surface area (Å²) in [4.78, 5) is 4.69. The number of ether oxygens (including phenoxy) is 2. The number of benzene rings is 2. The summed E-state index contributed by atoms with van der Waals surface area (Å²) in [5.74, 6) is 1.64. The van der Waals surface area contributed by atoms with Gasteiger partial charge in [0, 0.05) is 17.9 Å². The van der Waals surface area contributed by atoms with Gasteiger partial charge >= 0.3 is 0 Å². The smallest absolute Gasteiger partial charge is 0.178 e. The molecule has 164 valence electrons. The Kier molecular flexibility index (Phi) is 6.52. The Morgan fingerprint density at radius 3 is 2.58 bits per heavy atom. The van der Waals surface area contributed by atoms with E-state index in [9.17, 15) is 12.8 Å². The summed E-state index contributed by atoms with van der Waals surface area (Å²) in [6.07, 6.45) is 2.30. The third-order valence-corrected chi connectivity index (χ3v) is 7.83. The minimum absolute atomic E-state index is 0.00742. The van der Waals surface area contributed by atoms with Gasteiger partial charge in [-0.2, -0.15) is 0 Å². The Labute approximate surface area is 185 Å². The van der Waals surface area contributed by atoms with Crippen molar-refractivity contribution >= 4 is 21.6 Å². The van der Waals surface area contributed by atoms with E-state index in [4.69, 9.17) is 9.47 Å². The van der Waals surface area contributed by atoms with Crippen LogP contribution in [0.1, 0.15) is 13.3 Å². The van der Waals surface area contributed by atoms with Crippen molar-refractivity contribution in [2.75, 3.05) is 24.7 Å². The van der Waals surface area contributed by atoms with E-state index in [1.54, 1.807) is 0 Å². The molecule has 9 heteroatoms. The Balaban J connectivity index is 1.41. The van der Waals surface area contributed by atoms with Crippen molar-refractivity contribution in [3.05, 3.63) is 54.5 Å². The Bertz CT molecular complexity index is 1160. The van der Waals surface area contributed by atoms with Crippen LogP contribution in [0.2, 0.25) is 0 Å². The van der Waals surface area contributed by atoms with Crippen LogP contribution in [-0.2, 0) is 16.4 Å². The van der Waals surface area contributed by atoms with E-state index >= 15 is 0 Å². The average Bonchev–Trinajstić information content (AvgIpc) is 3.19. The molecule has 0 N–H and O–H groups in total. The molecule has 2 heterocycles. The molecule has 4 rings (SSSR count). The van der Waals surface area contributed by atoms with Gasteiger partial charge in [-0.1, -0.05) is 11.8 Å². The minimum Gasteiger partial charge on any atom is -0.486 e. The van der Waals surface area contributed by atoms with E-state index in [2.05, 4.69) is 9.55 Å². The first-order valence-electron chi connectivity index (χ1n) is 10.0. The van der Waals surface area contributed by atoms with Gasteiger partial charge in [0.1, 0.15) is 19.0 Å². The van der Waals surface area contributed by atoms with Gasteiger partial charge < -0.3 is 14.0 Å². The van der Waals surface area contributed by atoms with E-state index < -0.39 is 15.7 Å². The molecule has 0 saturated heterocycles. The molecule has 0 radical (unpaired) electrons. The van der Waals surface area contributed by atoms with E-state index in [1.807, 2.05) is 31.3 Å². The van der Waals surface area contributed by atoms with E-state index in [0.717, 1.165) is 34.5 Å². The van der Waals surface area contributed by atoms with Crippen LogP contribution in [0.25, 0.3) is 11.3 Å². The first-order chi connectivity index (χ1) is 15.0. The maximum atomic E-state index is 13.0. The molecule has 31 heavy (non-hydrogen) atoms. The Morgan fingerprint density at radius 2 is 1.84 bits per heavy atom. The number of hydrogen-bond acceptors (Lipinski definition) is 6. The fourth-order valence-corrected chi connectivity index (χ4v) is 5.86. The van der Waals surface area contributed by atoms with Gasteiger partial charge in [-0.15, -0.1) is 0 Å². The molecule has 2 aromatic carbocycles. The van der Waals surface area contributed by atoms with Gasteiger partial charge in [-0.05, 0) is 55.8 Å². The highest BCUT2D eigenvalue weighted by Gasteiger charge is 2.17. The van der Waals surface area contributed by atoms with Crippen molar-refractivity contribution in [1.29, 1.82) is 0 Å². The second-order valence-electron chi connectivity index (χ2n) is 7.00. The van der Waals surface area contributed by atoms with Gasteiger partial charge in [0.15, 0.2) is 26.5 Å². The summed E-state index contributed by atoms with van der Waals surface area (Å²) in [6, 6.07) is 10.8. The lowest BCUT2D eigenvalue weighted by Crippen LogP contribution is -2.15. The zero-order valence-corrected chi connectivity index (χ0v) is 18.7. The molecule has 3 aromatic rings. The zero-order valence-electron chi connectivity index (χ0n) is 17.1. The fraction of sp³-hybridized carbons (Fsp3) is 0.318. The molecule has 1 aliphatic rings. The molecule has 0 unspecified atom stereocenters. The van der Waals surface area contributed by atoms with Crippen molar-refractivity contribution in [2.45, 2.75) is 29.9 Å². The number of rotatable bonds is 8. The molecule has 0 bridgehead atoms. The number of hydrogen-bond donors (Lipinski definition) is 0. The van der Waals surface area contributed by atoms with Crippen molar-refractivity contribution in [3.63, 3.8) is 0 Å². The largest absolute Gasteiger partial charge is 0.486 e. The molecule has 1 aromatic heterocycles. The SMILES string of the molecule is CCn1c(-c2ccc3c(c2)OCCO3)cnc1SCCCS(=O)(=O)c1ccc(F)cc1. The third-order valence-electron chi connectivity index (χ3n) is 4.93. The molecule has 6 nitrogen and oxygen atoms in total. The van der Waals surface area contributed by atoms with Crippen LogP contribution in [0, 0.1) is 5.82 Å². The van der Waals surface area contributed by atoms with Crippen molar-refractivity contribution in [2.24, 2.45) is 0 Å². The number of nitrogens with zero attached hydrogens (tertiary/aromatic N) is 2. The molecule has 0 saturated carbocycles. The molecule has 0 spiro atoms. The lowest BCUT2D eigenvalue weighted by atomic mass is 10.1. The monoisotopic (exact) mass is 462 g/mol. The second kappa shape index (κ2) is 9.32. The number of halogens is 1. The summed E-state index contributed by atoms with van der Waals surface area (Å²) in [6.45, 7) is 3.87. The molecule has 0 fully saturated rings. The zero-order chi connectivity index (χ0) is 21.8. The fourth-order valence-electron chi connectivity index (χ4n) is 3.38. The first-order valence-corrected chi connectivity index (χ1v) is 12.7. The van der Waals surface area contributed by atoms with Crippen LogP contribution < -0.4 is 9.47 Å². The van der Waals surface area contributed by atoms with Crippen molar-refractivity contribution in [3.8, 4) is 22.8 Å². The summed E-state index contributed by atoms with van der Waals surface area (Å²) in [7, 11) is -3.43. The topological polar surface area (TPSA) is 70.4 Å². The molecule has 0 amide bonds. The van der Waals surface area contributed by atoms with Crippen LogP contribution >= 0.6 is 11.8 Å². The number of aromatic nitrogens is 2. The maximum absolute atomic E-state index is 13.0. The highest BCUT2D eigenvalue weighted by Crippen LogP contribution is 2.35. The van der Waals surface area contributed by atoms with Gasteiger partial charge in [-0.3, -0.25) is 0 Å². The van der Waals surface area contributed by atoms with Crippen LogP contribution in [0.4, 0.5) is 4.39 Å². The van der Waals surface area contributed by atoms with Crippen LogP contribution in [0.15, 0.2) is 58.7 Å². The minimum atomic E-state index is -3.43. The molecule has 0 atom stereocenters.